The van der Waals surface area contributed by atoms with E-state index in [1.165, 1.54) is 39.0 Å². The van der Waals surface area contributed by atoms with Gasteiger partial charge >= 0.3 is 5.97 Å². The molecule has 0 spiro atoms. The largest absolute Gasteiger partial charge is 0.478 e. The van der Waals surface area contributed by atoms with Gasteiger partial charge in [-0.25, -0.2) is 4.79 Å². The van der Waals surface area contributed by atoms with Crippen molar-refractivity contribution in [1.29, 1.82) is 0 Å². The zero-order chi connectivity index (χ0) is 23.7. The first kappa shape index (κ1) is 22.7. The number of benzene rings is 2. The van der Waals surface area contributed by atoms with Gasteiger partial charge in [-0.1, -0.05) is 47.5 Å². The van der Waals surface area contributed by atoms with E-state index >= 15 is 0 Å². The third-order valence-electron chi connectivity index (χ3n) is 7.03. The average Bonchev–Trinajstić information content (AvgIpc) is 3.11. The summed E-state index contributed by atoms with van der Waals surface area (Å²) in [5.74, 6) is -0.876. The molecule has 3 aliphatic rings. The Hall–Kier alpha value is -3.10. The fourth-order valence-electron chi connectivity index (χ4n) is 5.37. The summed E-state index contributed by atoms with van der Waals surface area (Å²) in [5.41, 5.74) is 14.3. The first-order chi connectivity index (χ1) is 16.5. The van der Waals surface area contributed by atoms with Gasteiger partial charge in [0.05, 0.1) is 5.56 Å². The maximum absolute atomic E-state index is 11.3. The van der Waals surface area contributed by atoms with Gasteiger partial charge in [-0.15, -0.1) is 5.73 Å². The van der Waals surface area contributed by atoms with E-state index in [-0.39, 0.29) is 0 Å². The summed E-state index contributed by atoms with van der Waals surface area (Å²) in [6.45, 7) is 4.85. The highest BCUT2D eigenvalue weighted by Crippen LogP contribution is 2.43. The van der Waals surface area contributed by atoms with Gasteiger partial charge in [0.2, 0.25) is 0 Å². The van der Waals surface area contributed by atoms with Crippen molar-refractivity contribution < 1.29 is 9.90 Å². The van der Waals surface area contributed by atoms with Crippen molar-refractivity contribution >= 4 is 23.1 Å². The molecule has 0 amide bonds. The number of carbonyl (C=O) groups is 1. The van der Waals surface area contributed by atoms with Gasteiger partial charge in [-0.2, -0.15) is 0 Å². The molecule has 1 saturated heterocycles. The van der Waals surface area contributed by atoms with E-state index < -0.39 is 5.97 Å². The minimum atomic E-state index is -0.876. The SMILES string of the molecule is CC1=C=CC=CC2=C1C(=C1CCN(Cc3cccc(C(=O)O)c3)CC1)c1ccc(Cl)cc1CC2. The molecule has 1 fully saturated rings. The van der Waals surface area contributed by atoms with Crippen molar-refractivity contribution in [3.63, 3.8) is 0 Å². The number of hydrogen-bond acceptors (Lipinski definition) is 2. The molecule has 4 heteroatoms. The number of carboxylic acid groups (broad SMARTS) is 1. The molecule has 3 nitrogen and oxygen atoms in total. The van der Waals surface area contributed by atoms with Crippen LogP contribution in [0, 0.1) is 0 Å². The summed E-state index contributed by atoms with van der Waals surface area (Å²) in [6, 6.07) is 13.6. The Kier molecular flexibility index (Phi) is 6.43. The Morgan fingerprint density at radius 2 is 1.88 bits per heavy atom. The molecule has 172 valence electrons. The van der Waals surface area contributed by atoms with Crippen LogP contribution in [0.1, 0.15) is 53.2 Å². The highest BCUT2D eigenvalue weighted by atomic mass is 35.5. The number of piperidine rings is 1. The van der Waals surface area contributed by atoms with Crippen LogP contribution in [-0.4, -0.2) is 29.1 Å². The molecule has 5 rings (SSSR count). The van der Waals surface area contributed by atoms with Crippen LogP contribution in [0.4, 0.5) is 0 Å². The van der Waals surface area contributed by atoms with Gasteiger partial charge in [0, 0.05) is 24.7 Å². The molecule has 2 aliphatic carbocycles. The number of fused-ring (bicyclic) bond motifs is 1. The molecule has 0 atom stereocenters. The molecular formula is C30H28ClNO2. The second-order valence-electron chi connectivity index (χ2n) is 9.26. The predicted octanol–water partition coefficient (Wildman–Crippen LogP) is 7.00. The van der Waals surface area contributed by atoms with Gasteiger partial charge in [-0.3, -0.25) is 4.90 Å². The van der Waals surface area contributed by atoms with Crippen molar-refractivity contribution in [2.45, 2.75) is 39.2 Å². The first-order valence-electron chi connectivity index (χ1n) is 11.9. The van der Waals surface area contributed by atoms with E-state index in [0.717, 1.165) is 55.9 Å². The highest BCUT2D eigenvalue weighted by molar-refractivity contribution is 6.30. The Morgan fingerprint density at radius 3 is 2.68 bits per heavy atom. The Bertz CT molecular complexity index is 1310. The normalized spacial score (nSPS) is 18.2. The number of likely N-dealkylation sites (tertiary alicyclic amines) is 1. The van der Waals surface area contributed by atoms with Crippen LogP contribution < -0.4 is 0 Å². The van der Waals surface area contributed by atoms with E-state index in [9.17, 15) is 9.90 Å². The molecule has 2 aromatic carbocycles. The van der Waals surface area contributed by atoms with Crippen LogP contribution in [0.5, 0.6) is 0 Å². The molecular weight excluding hydrogens is 442 g/mol. The molecule has 2 aromatic rings. The lowest BCUT2D eigenvalue weighted by molar-refractivity contribution is 0.0696. The van der Waals surface area contributed by atoms with Gasteiger partial charge in [0.1, 0.15) is 0 Å². The zero-order valence-electron chi connectivity index (χ0n) is 19.4. The molecule has 1 aliphatic heterocycles. The number of rotatable bonds is 3. The van der Waals surface area contributed by atoms with Crippen LogP contribution in [0.25, 0.3) is 5.57 Å². The van der Waals surface area contributed by atoms with Crippen LogP contribution >= 0.6 is 11.6 Å². The minimum Gasteiger partial charge on any atom is -0.478 e. The van der Waals surface area contributed by atoms with E-state index in [4.69, 9.17) is 11.6 Å². The zero-order valence-corrected chi connectivity index (χ0v) is 20.2. The summed E-state index contributed by atoms with van der Waals surface area (Å²) in [7, 11) is 0. The monoisotopic (exact) mass is 469 g/mol. The lowest BCUT2D eigenvalue weighted by Gasteiger charge is -2.31. The van der Waals surface area contributed by atoms with Crippen molar-refractivity contribution in [2.75, 3.05) is 13.1 Å². The molecule has 0 radical (unpaired) electrons. The average molecular weight is 470 g/mol. The van der Waals surface area contributed by atoms with Gasteiger partial charge in [-0.05, 0) is 102 Å². The summed E-state index contributed by atoms with van der Waals surface area (Å²) in [4.78, 5) is 13.8. The lowest BCUT2D eigenvalue weighted by atomic mass is 9.83. The van der Waals surface area contributed by atoms with Crippen molar-refractivity contribution in [3.05, 3.63) is 116 Å². The molecule has 0 saturated carbocycles. The van der Waals surface area contributed by atoms with Crippen LogP contribution in [-0.2, 0) is 13.0 Å². The fourth-order valence-corrected chi connectivity index (χ4v) is 5.56. The Labute approximate surface area is 206 Å². The second kappa shape index (κ2) is 9.64. The smallest absolute Gasteiger partial charge is 0.335 e. The topological polar surface area (TPSA) is 40.5 Å². The van der Waals surface area contributed by atoms with Gasteiger partial charge in [0.25, 0.3) is 0 Å². The molecule has 0 aromatic heterocycles. The van der Waals surface area contributed by atoms with Crippen LogP contribution in [0.15, 0.2) is 88.7 Å². The first-order valence-corrected chi connectivity index (χ1v) is 12.3. The number of hydrogen-bond donors (Lipinski definition) is 1. The number of aromatic carboxylic acids is 1. The molecule has 1 heterocycles. The van der Waals surface area contributed by atoms with E-state index in [1.807, 2.05) is 24.3 Å². The Morgan fingerprint density at radius 1 is 1.06 bits per heavy atom. The maximum Gasteiger partial charge on any atom is 0.335 e. The number of halogens is 1. The van der Waals surface area contributed by atoms with E-state index in [1.54, 1.807) is 12.1 Å². The summed E-state index contributed by atoms with van der Waals surface area (Å²) >= 11 is 6.39. The molecule has 0 bridgehead atoms. The predicted molar refractivity (Wildman–Crippen MR) is 138 cm³/mol. The second-order valence-corrected chi connectivity index (χ2v) is 9.69. The standard InChI is InChI=1S/C30H28ClNO2/c1-20-5-2-3-7-22-9-10-24-18-26(31)11-12-27(24)29(28(20)22)23-13-15-32(16-14-23)19-21-6-4-8-25(17-21)30(33)34/h2-4,6-8,11-12,17-18H,9-10,13-16,19H2,1H3,(H,33,34). The highest BCUT2D eigenvalue weighted by Gasteiger charge is 2.26. The molecule has 1 N–H and O–H groups in total. The van der Waals surface area contributed by atoms with E-state index in [2.05, 4.69) is 41.8 Å². The number of allylic oxidation sites excluding steroid dienone is 6. The fraction of sp³-hybridized carbons (Fsp3) is 0.267. The minimum absolute atomic E-state index is 0.349. The number of aryl methyl sites for hydroxylation is 1. The van der Waals surface area contributed by atoms with Crippen molar-refractivity contribution in [3.8, 4) is 0 Å². The lowest BCUT2D eigenvalue weighted by Crippen LogP contribution is -2.30. The van der Waals surface area contributed by atoms with Gasteiger partial charge < -0.3 is 5.11 Å². The third kappa shape index (κ3) is 4.60. The van der Waals surface area contributed by atoms with Crippen LogP contribution in [0.2, 0.25) is 5.02 Å². The third-order valence-corrected chi connectivity index (χ3v) is 7.27. The maximum atomic E-state index is 11.3. The molecule has 0 unspecified atom stereocenters. The summed E-state index contributed by atoms with van der Waals surface area (Å²) in [5, 5.41) is 10.1. The molecule has 34 heavy (non-hydrogen) atoms. The van der Waals surface area contributed by atoms with Crippen LogP contribution in [0.3, 0.4) is 0 Å². The van der Waals surface area contributed by atoms with Crippen molar-refractivity contribution in [2.24, 2.45) is 0 Å². The van der Waals surface area contributed by atoms with Crippen molar-refractivity contribution in [1.82, 2.24) is 4.90 Å². The Balaban J connectivity index is 1.48. The van der Waals surface area contributed by atoms with E-state index in [0.29, 0.717) is 5.56 Å². The van der Waals surface area contributed by atoms with Gasteiger partial charge in [0.15, 0.2) is 0 Å². The number of carboxylic acids is 1. The summed E-state index contributed by atoms with van der Waals surface area (Å²) in [6.07, 6.45) is 10.3. The quantitative estimate of drug-likeness (QED) is 0.492. The summed E-state index contributed by atoms with van der Waals surface area (Å²) < 4.78 is 0. The number of nitrogens with zero attached hydrogens (tertiary/aromatic N) is 1.